The van der Waals surface area contributed by atoms with E-state index in [4.69, 9.17) is 4.74 Å². The van der Waals surface area contributed by atoms with Crippen LogP contribution in [0.2, 0.25) is 0 Å². The van der Waals surface area contributed by atoms with Crippen LogP contribution in [0.3, 0.4) is 0 Å². The maximum Gasteiger partial charge on any atom is 0.190 e. The van der Waals surface area contributed by atoms with Crippen molar-refractivity contribution >= 4 is 5.96 Å². The second-order valence-corrected chi connectivity index (χ2v) is 6.58. The number of likely N-dealkylation sites (tertiary alicyclic amines) is 1. The number of nitrogens with zero attached hydrogens (tertiary/aromatic N) is 2. The van der Waals surface area contributed by atoms with Crippen LogP contribution in [0.5, 0.6) is 0 Å². The number of nitrogens with one attached hydrogen (secondary N) is 2. The molecule has 1 saturated carbocycles. The van der Waals surface area contributed by atoms with Crippen molar-refractivity contribution in [2.45, 2.75) is 51.5 Å². The number of hydrogen-bond donors (Lipinski definition) is 2. The zero-order valence-electron chi connectivity index (χ0n) is 14.4. The second-order valence-electron chi connectivity index (χ2n) is 6.58. The first kappa shape index (κ1) is 17.5. The van der Waals surface area contributed by atoms with Crippen molar-refractivity contribution in [1.29, 1.82) is 0 Å². The van der Waals surface area contributed by atoms with E-state index in [1.54, 1.807) is 0 Å². The number of aliphatic imine (C=N–C) groups is 1. The molecule has 5 nitrogen and oxygen atoms in total. The van der Waals surface area contributed by atoms with Crippen molar-refractivity contribution < 1.29 is 4.74 Å². The Morgan fingerprint density at radius 3 is 2.73 bits per heavy atom. The summed E-state index contributed by atoms with van der Waals surface area (Å²) < 4.78 is 5.57. The molecule has 2 N–H and O–H groups in total. The Morgan fingerprint density at radius 2 is 2.00 bits per heavy atom. The lowest BCUT2D eigenvalue weighted by atomic mass is 10.1. The van der Waals surface area contributed by atoms with Crippen molar-refractivity contribution in [2.75, 3.05) is 46.4 Å². The number of ether oxygens (including phenoxy) is 1. The maximum atomic E-state index is 5.57. The molecule has 5 heteroatoms. The lowest BCUT2D eigenvalue weighted by molar-refractivity contribution is 0.129. The lowest BCUT2D eigenvalue weighted by Crippen LogP contribution is -2.40. The molecule has 0 spiro atoms. The molecule has 2 fully saturated rings. The van der Waals surface area contributed by atoms with Gasteiger partial charge in [0.25, 0.3) is 0 Å². The zero-order valence-corrected chi connectivity index (χ0v) is 14.4. The Morgan fingerprint density at radius 1 is 1.18 bits per heavy atom. The van der Waals surface area contributed by atoms with Crippen molar-refractivity contribution in [1.82, 2.24) is 15.5 Å². The first-order chi connectivity index (χ1) is 10.8. The molecule has 1 saturated heterocycles. The molecule has 22 heavy (non-hydrogen) atoms. The average Bonchev–Trinajstić information content (AvgIpc) is 3.28. The van der Waals surface area contributed by atoms with Crippen molar-refractivity contribution in [3.05, 3.63) is 0 Å². The molecule has 1 atom stereocenters. The largest absolute Gasteiger partial charge is 0.381 e. The molecule has 1 heterocycles. The van der Waals surface area contributed by atoms with Gasteiger partial charge in [0.1, 0.15) is 0 Å². The van der Waals surface area contributed by atoms with Gasteiger partial charge < -0.3 is 20.3 Å². The van der Waals surface area contributed by atoms with Gasteiger partial charge in [-0.05, 0) is 44.6 Å². The summed E-state index contributed by atoms with van der Waals surface area (Å²) in [6.07, 6.45) is 7.56. The van der Waals surface area contributed by atoms with E-state index in [-0.39, 0.29) is 0 Å². The minimum Gasteiger partial charge on any atom is -0.381 e. The summed E-state index contributed by atoms with van der Waals surface area (Å²) in [5.74, 6) is 1.70. The number of unbranched alkanes of at least 4 members (excludes halogenated alkanes) is 1. The topological polar surface area (TPSA) is 48.9 Å². The molecule has 0 aromatic rings. The van der Waals surface area contributed by atoms with Gasteiger partial charge >= 0.3 is 0 Å². The van der Waals surface area contributed by atoms with Gasteiger partial charge in [-0.2, -0.15) is 0 Å². The van der Waals surface area contributed by atoms with E-state index < -0.39 is 0 Å². The van der Waals surface area contributed by atoms with Gasteiger partial charge in [-0.15, -0.1) is 0 Å². The predicted octanol–water partition coefficient (Wildman–Crippen LogP) is 1.84. The van der Waals surface area contributed by atoms with E-state index in [9.17, 15) is 0 Å². The second kappa shape index (κ2) is 10.1. The fourth-order valence-corrected chi connectivity index (χ4v) is 2.99. The summed E-state index contributed by atoms with van der Waals surface area (Å²) >= 11 is 0. The van der Waals surface area contributed by atoms with E-state index in [2.05, 4.69) is 27.4 Å². The first-order valence-electron chi connectivity index (χ1n) is 9.09. The van der Waals surface area contributed by atoms with Gasteiger partial charge in [-0.1, -0.05) is 13.3 Å². The average molecular weight is 310 g/mol. The molecule has 0 amide bonds. The Bertz CT molecular complexity index is 331. The highest BCUT2D eigenvalue weighted by molar-refractivity contribution is 5.79. The van der Waals surface area contributed by atoms with Crippen LogP contribution < -0.4 is 10.6 Å². The summed E-state index contributed by atoms with van der Waals surface area (Å²) in [5, 5.41) is 6.85. The normalized spacial score (nSPS) is 23.0. The third-order valence-corrected chi connectivity index (χ3v) is 4.56. The van der Waals surface area contributed by atoms with E-state index >= 15 is 0 Å². The van der Waals surface area contributed by atoms with Crippen LogP contribution in [0.15, 0.2) is 4.99 Å². The standard InChI is InChI=1S/C17H34N4O/c1-3-4-11-22-12-5-9-19-17(18-2)20-13-15-8-10-21(14-15)16-6-7-16/h15-16H,3-14H2,1-2H3,(H2,18,19,20). The van der Waals surface area contributed by atoms with Crippen LogP contribution in [0, 0.1) is 5.92 Å². The van der Waals surface area contributed by atoms with Crippen LogP contribution in [0.4, 0.5) is 0 Å². The summed E-state index contributed by atoms with van der Waals surface area (Å²) in [6, 6.07) is 0.912. The Labute approximate surface area is 135 Å². The highest BCUT2D eigenvalue weighted by Gasteiger charge is 2.34. The summed E-state index contributed by atoms with van der Waals surface area (Å²) in [4.78, 5) is 6.97. The van der Waals surface area contributed by atoms with Crippen LogP contribution in [0.1, 0.15) is 45.4 Å². The van der Waals surface area contributed by atoms with Crippen LogP contribution in [-0.2, 0) is 4.74 Å². The lowest BCUT2D eigenvalue weighted by Gasteiger charge is -2.17. The number of guanidine groups is 1. The van der Waals surface area contributed by atoms with Crippen molar-refractivity contribution in [2.24, 2.45) is 10.9 Å². The van der Waals surface area contributed by atoms with E-state index in [0.717, 1.165) is 57.1 Å². The van der Waals surface area contributed by atoms with Crippen LogP contribution >= 0.6 is 0 Å². The SMILES string of the molecule is CCCCOCCCNC(=NC)NCC1CCN(C2CC2)C1. The van der Waals surface area contributed by atoms with Gasteiger partial charge in [-0.25, -0.2) is 0 Å². The highest BCUT2D eigenvalue weighted by atomic mass is 16.5. The number of hydrogen-bond acceptors (Lipinski definition) is 3. The fourth-order valence-electron chi connectivity index (χ4n) is 2.99. The van der Waals surface area contributed by atoms with Crippen LogP contribution in [0.25, 0.3) is 0 Å². The van der Waals surface area contributed by atoms with Crippen molar-refractivity contribution in [3.8, 4) is 0 Å². The van der Waals surface area contributed by atoms with Gasteiger partial charge in [0.2, 0.25) is 0 Å². The fraction of sp³-hybridized carbons (Fsp3) is 0.941. The molecule has 2 aliphatic rings. The molecule has 1 aliphatic heterocycles. The van der Waals surface area contributed by atoms with Gasteiger partial charge in [0.15, 0.2) is 5.96 Å². The first-order valence-corrected chi connectivity index (χ1v) is 9.09. The van der Waals surface area contributed by atoms with E-state index in [1.807, 2.05) is 7.05 Å². The number of rotatable bonds is 10. The predicted molar refractivity (Wildman–Crippen MR) is 92.4 cm³/mol. The summed E-state index contributed by atoms with van der Waals surface area (Å²) in [7, 11) is 1.85. The molecule has 0 bridgehead atoms. The Kier molecular flexibility index (Phi) is 8.02. The van der Waals surface area contributed by atoms with Crippen LogP contribution in [-0.4, -0.2) is 63.3 Å². The molecule has 1 unspecified atom stereocenters. The minimum absolute atomic E-state index is 0.775. The summed E-state index contributed by atoms with van der Waals surface area (Å²) in [5.41, 5.74) is 0. The molecule has 2 rings (SSSR count). The molecule has 1 aliphatic carbocycles. The third-order valence-electron chi connectivity index (χ3n) is 4.56. The van der Waals surface area contributed by atoms with Gasteiger partial charge in [0.05, 0.1) is 0 Å². The molecule has 128 valence electrons. The molecule has 0 aromatic heterocycles. The highest BCUT2D eigenvalue weighted by Crippen LogP contribution is 2.31. The maximum absolute atomic E-state index is 5.57. The molecule has 0 radical (unpaired) electrons. The zero-order chi connectivity index (χ0) is 15.6. The van der Waals surface area contributed by atoms with Gasteiger partial charge in [0, 0.05) is 45.9 Å². The quantitative estimate of drug-likeness (QED) is 0.367. The van der Waals surface area contributed by atoms with Gasteiger partial charge in [-0.3, -0.25) is 4.99 Å². The Hall–Kier alpha value is -0.810. The van der Waals surface area contributed by atoms with E-state index in [0.29, 0.717) is 0 Å². The Balaban J connectivity index is 1.48. The molecule has 0 aromatic carbocycles. The minimum atomic E-state index is 0.775. The molecular weight excluding hydrogens is 276 g/mol. The van der Waals surface area contributed by atoms with Crippen molar-refractivity contribution in [3.63, 3.8) is 0 Å². The molecular formula is C17H34N4O. The third kappa shape index (κ3) is 6.53. The summed E-state index contributed by atoms with van der Waals surface area (Å²) in [6.45, 7) is 8.43. The van der Waals surface area contributed by atoms with E-state index in [1.165, 1.54) is 38.8 Å². The smallest absolute Gasteiger partial charge is 0.190 e. The monoisotopic (exact) mass is 310 g/mol.